The fourth-order valence-corrected chi connectivity index (χ4v) is 2.20. The normalized spacial score (nSPS) is 28.5. The number of amides is 1. The number of nitrogens with one attached hydrogen (secondary N) is 1. The zero-order chi connectivity index (χ0) is 11.3. The van der Waals surface area contributed by atoms with Crippen molar-refractivity contribution in [2.24, 2.45) is 5.92 Å². The first kappa shape index (κ1) is 12.8. The van der Waals surface area contributed by atoms with E-state index in [0.29, 0.717) is 18.6 Å². The van der Waals surface area contributed by atoms with E-state index >= 15 is 0 Å². The highest BCUT2D eigenvalue weighted by Gasteiger charge is 2.23. The van der Waals surface area contributed by atoms with Gasteiger partial charge in [-0.3, -0.25) is 4.79 Å². The van der Waals surface area contributed by atoms with Crippen molar-refractivity contribution >= 4 is 17.7 Å². The van der Waals surface area contributed by atoms with Gasteiger partial charge in [-0.1, -0.05) is 0 Å². The van der Waals surface area contributed by atoms with Crippen LogP contribution in [0.2, 0.25) is 0 Å². The van der Waals surface area contributed by atoms with Gasteiger partial charge in [-0.2, -0.15) is 11.8 Å². The molecule has 0 saturated heterocycles. The van der Waals surface area contributed by atoms with Crippen LogP contribution in [0.25, 0.3) is 0 Å². The van der Waals surface area contributed by atoms with Crippen LogP contribution >= 0.6 is 11.8 Å². The smallest absolute Gasteiger partial charge is 0.233 e. The molecule has 0 radical (unpaired) electrons. The number of thioether (sulfide) groups is 1. The van der Waals surface area contributed by atoms with Gasteiger partial charge in [0.1, 0.15) is 0 Å². The van der Waals surface area contributed by atoms with Gasteiger partial charge in [0.25, 0.3) is 0 Å². The van der Waals surface area contributed by atoms with Crippen LogP contribution in [0.15, 0.2) is 0 Å². The van der Waals surface area contributed by atoms with E-state index in [1.807, 2.05) is 13.2 Å². The highest BCUT2D eigenvalue weighted by atomic mass is 32.2. The molecule has 0 bridgehead atoms. The van der Waals surface area contributed by atoms with Gasteiger partial charge in [0, 0.05) is 12.6 Å². The Morgan fingerprint density at radius 1 is 1.47 bits per heavy atom. The van der Waals surface area contributed by atoms with Gasteiger partial charge < -0.3 is 10.4 Å². The van der Waals surface area contributed by atoms with E-state index in [0.717, 1.165) is 25.7 Å². The van der Waals surface area contributed by atoms with Crippen molar-refractivity contribution < 1.29 is 9.90 Å². The summed E-state index contributed by atoms with van der Waals surface area (Å²) in [6, 6.07) is 0.329. The quantitative estimate of drug-likeness (QED) is 0.769. The number of carbonyl (C=O) groups is 1. The van der Waals surface area contributed by atoms with Crippen LogP contribution in [0.3, 0.4) is 0 Å². The molecule has 1 aliphatic carbocycles. The van der Waals surface area contributed by atoms with E-state index < -0.39 is 0 Å². The maximum absolute atomic E-state index is 11.6. The lowest BCUT2D eigenvalue weighted by molar-refractivity contribution is -0.121. The Morgan fingerprint density at radius 3 is 2.53 bits per heavy atom. The third-order valence-electron chi connectivity index (χ3n) is 3.17. The minimum atomic E-state index is 0.0422. The lowest BCUT2D eigenvalue weighted by Crippen LogP contribution is -2.41. The molecule has 1 fully saturated rings. The van der Waals surface area contributed by atoms with Gasteiger partial charge in [-0.25, -0.2) is 0 Å². The lowest BCUT2D eigenvalue weighted by Gasteiger charge is -2.28. The van der Waals surface area contributed by atoms with E-state index in [-0.39, 0.29) is 11.2 Å². The molecule has 0 aromatic carbocycles. The summed E-state index contributed by atoms with van der Waals surface area (Å²) in [4.78, 5) is 11.6. The Morgan fingerprint density at radius 2 is 2.07 bits per heavy atom. The molecule has 0 heterocycles. The summed E-state index contributed by atoms with van der Waals surface area (Å²) >= 11 is 1.57. The van der Waals surface area contributed by atoms with Crippen molar-refractivity contribution in [2.75, 3.05) is 12.9 Å². The maximum Gasteiger partial charge on any atom is 0.233 e. The number of aliphatic hydroxyl groups excluding tert-OH is 1. The van der Waals surface area contributed by atoms with Gasteiger partial charge in [0.2, 0.25) is 5.91 Å². The van der Waals surface area contributed by atoms with Crippen LogP contribution in [-0.4, -0.2) is 35.2 Å². The average Bonchev–Trinajstić information content (AvgIpc) is 2.29. The summed E-state index contributed by atoms with van der Waals surface area (Å²) in [6.07, 6.45) is 6.05. The molecule has 2 N–H and O–H groups in total. The Hall–Kier alpha value is -0.220. The molecule has 1 aliphatic rings. The third-order valence-corrected chi connectivity index (χ3v) is 4.10. The minimum absolute atomic E-state index is 0.0422. The largest absolute Gasteiger partial charge is 0.396 e. The van der Waals surface area contributed by atoms with E-state index in [4.69, 9.17) is 5.11 Å². The van der Waals surface area contributed by atoms with Crippen molar-refractivity contribution in [3.8, 4) is 0 Å². The molecule has 1 rings (SSSR count). The molecule has 0 aromatic rings. The second-order valence-corrected chi connectivity index (χ2v) is 5.47. The first-order valence-electron chi connectivity index (χ1n) is 5.61. The number of hydrogen-bond acceptors (Lipinski definition) is 3. The second-order valence-electron chi connectivity index (χ2n) is 4.29. The standard InChI is InChI=1S/C11H21NO2S/c1-8(15-2)11(14)12-10-5-3-9(7-13)4-6-10/h8-10,13H,3-7H2,1-2H3,(H,12,14). The van der Waals surface area contributed by atoms with E-state index in [2.05, 4.69) is 5.32 Å². The Bertz CT molecular complexity index is 203. The molecular weight excluding hydrogens is 210 g/mol. The highest BCUT2D eigenvalue weighted by molar-refractivity contribution is 7.99. The molecule has 15 heavy (non-hydrogen) atoms. The van der Waals surface area contributed by atoms with Gasteiger partial charge in [0.05, 0.1) is 5.25 Å². The highest BCUT2D eigenvalue weighted by Crippen LogP contribution is 2.23. The molecule has 1 atom stereocenters. The number of hydrogen-bond donors (Lipinski definition) is 2. The lowest BCUT2D eigenvalue weighted by atomic mass is 9.86. The molecule has 1 unspecified atom stereocenters. The van der Waals surface area contributed by atoms with Crippen LogP contribution in [0.5, 0.6) is 0 Å². The van der Waals surface area contributed by atoms with Gasteiger partial charge in [-0.15, -0.1) is 0 Å². The first-order chi connectivity index (χ1) is 7.17. The Kier molecular flexibility index (Phi) is 5.47. The number of carbonyl (C=O) groups excluding carboxylic acids is 1. The Balaban J connectivity index is 2.26. The second kappa shape index (κ2) is 6.38. The van der Waals surface area contributed by atoms with Crippen molar-refractivity contribution in [1.29, 1.82) is 0 Å². The molecule has 0 aromatic heterocycles. The van der Waals surface area contributed by atoms with Crippen molar-refractivity contribution in [2.45, 2.75) is 43.9 Å². The molecule has 4 heteroatoms. The van der Waals surface area contributed by atoms with E-state index in [9.17, 15) is 4.79 Å². The van der Waals surface area contributed by atoms with Gasteiger partial charge >= 0.3 is 0 Å². The minimum Gasteiger partial charge on any atom is -0.396 e. The summed E-state index contributed by atoms with van der Waals surface area (Å²) in [6.45, 7) is 2.22. The number of rotatable bonds is 4. The van der Waals surface area contributed by atoms with Crippen molar-refractivity contribution in [3.05, 3.63) is 0 Å². The van der Waals surface area contributed by atoms with Crippen molar-refractivity contribution in [1.82, 2.24) is 5.32 Å². The zero-order valence-corrected chi connectivity index (χ0v) is 10.3. The summed E-state index contributed by atoms with van der Waals surface area (Å²) in [5, 5.41) is 12.1. The van der Waals surface area contributed by atoms with Crippen LogP contribution in [-0.2, 0) is 4.79 Å². The van der Waals surface area contributed by atoms with Crippen LogP contribution < -0.4 is 5.32 Å². The topological polar surface area (TPSA) is 49.3 Å². The fraction of sp³-hybridized carbons (Fsp3) is 0.909. The SMILES string of the molecule is CSC(C)C(=O)NC1CCC(CO)CC1. The predicted molar refractivity (Wildman–Crippen MR) is 64.0 cm³/mol. The molecule has 0 spiro atoms. The predicted octanol–water partition coefficient (Wildman–Crippen LogP) is 1.41. The van der Waals surface area contributed by atoms with Crippen LogP contribution in [0.4, 0.5) is 0 Å². The Labute approximate surface area is 96.0 Å². The number of aliphatic hydroxyl groups is 1. The summed E-state index contributed by atoms with van der Waals surface area (Å²) < 4.78 is 0. The van der Waals surface area contributed by atoms with E-state index in [1.54, 1.807) is 11.8 Å². The van der Waals surface area contributed by atoms with Crippen LogP contribution in [0.1, 0.15) is 32.6 Å². The monoisotopic (exact) mass is 231 g/mol. The molecule has 3 nitrogen and oxygen atoms in total. The van der Waals surface area contributed by atoms with Gasteiger partial charge in [-0.05, 0) is 44.8 Å². The summed E-state index contributed by atoms with van der Waals surface area (Å²) in [5.74, 6) is 0.603. The molecule has 88 valence electrons. The molecule has 0 aliphatic heterocycles. The summed E-state index contributed by atoms with van der Waals surface area (Å²) in [5.41, 5.74) is 0. The molecule has 1 saturated carbocycles. The first-order valence-corrected chi connectivity index (χ1v) is 6.90. The van der Waals surface area contributed by atoms with Crippen LogP contribution in [0, 0.1) is 5.92 Å². The molecule has 1 amide bonds. The molecular formula is C11H21NO2S. The summed E-state index contributed by atoms with van der Waals surface area (Å²) in [7, 11) is 0. The third kappa shape index (κ3) is 4.03. The van der Waals surface area contributed by atoms with E-state index in [1.165, 1.54) is 0 Å². The maximum atomic E-state index is 11.6. The van der Waals surface area contributed by atoms with Crippen molar-refractivity contribution in [3.63, 3.8) is 0 Å². The zero-order valence-electron chi connectivity index (χ0n) is 9.53. The average molecular weight is 231 g/mol. The van der Waals surface area contributed by atoms with Gasteiger partial charge in [0.15, 0.2) is 0 Å². The fourth-order valence-electron chi connectivity index (χ4n) is 1.91.